The van der Waals surface area contributed by atoms with E-state index >= 15 is 0 Å². The van der Waals surface area contributed by atoms with Crippen LogP contribution in [0.4, 0.5) is 9.59 Å². The van der Waals surface area contributed by atoms with Gasteiger partial charge in [-0.2, -0.15) is 0 Å². The quantitative estimate of drug-likeness (QED) is 0.128. The minimum atomic E-state index is -1.11. The van der Waals surface area contributed by atoms with Gasteiger partial charge in [0.15, 0.2) is 11.6 Å². The number of Topliss-reactive ketones (excluding diaryl/α,β-unsaturated/α-hetero) is 3. The second kappa shape index (κ2) is 20.3. The van der Waals surface area contributed by atoms with Crippen LogP contribution in [0.5, 0.6) is 0 Å². The summed E-state index contributed by atoms with van der Waals surface area (Å²) in [5.74, 6) is -2.90. The number of rotatable bonds is 17. The minimum absolute atomic E-state index is 0.00959. The molecule has 332 valence electrons. The van der Waals surface area contributed by atoms with Gasteiger partial charge in [-0.1, -0.05) is 105 Å². The van der Waals surface area contributed by atoms with E-state index in [1.807, 2.05) is 72.7 Å². The summed E-state index contributed by atoms with van der Waals surface area (Å²) < 4.78 is 6.04. The minimum Gasteiger partial charge on any atom is -0.444 e. The van der Waals surface area contributed by atoms with Crippen molar-refractivity contribution in [2.75, 3.05) is 26.2 Å². The third-order valence-corrected chi connectivity index (χ3v) is 12.3. The first-order valence-corrected chi connectivity index (χ1v) is 21.9. The second-order valence-electron chi connectivity index (χ2n) is 20.1. The fourth-order valence-corrected chi connectivity index (χ4v) is 8.31. The van der Waals surface area contributed by atoms with E-state index in [4.69, 9.17) is 4.74 Å². The van der Waals surface area contributed by atoms with E-state index < -0.39 is 76.4 Å². The number of allylic oxidation sites excluding steroid dienone is 1. The number of carbonyl (C=O) groups excluding carboxylic acids is 7. The summed E-state index contributed by atoms with van der Waals surface area (Å²) in [5, 5.41) is 5.97. The molecule has 1 unspecified atom stereocenters. The Morgan fingerprint density at radius 1 is 0.983 bits per heavy atom. The molecular formula is C47H71N5O8. The Kier molecular flexibility index (Phi) is 16.3. The van der Waals surface area contributed by atoms with Crippen LogP contribution < -0.4 is 10.6 Å². The van der Waals surface area contributed by atoms with Crippen LogP contribution in [-0.2, 0) is 41.7 Å². The van der Waals surface area contributed by atoms with Crippen molar-refractivity contribution < 1.29 is 38.3 Å². The van der Waals surface area contributed by atoms with Crippen molar-refractivity contribution >= 4 is 41.3 Å². The summed E-state index contributed by atoms with van der Waals surface area (Å²) in [7, 11) is 0. The molecule has 13 nitrogen and oxygen atoms in total. The number of hydrogen-bond acceptors (Lipinski definition) is 8. The van der Waals surface area contributed by atoms with Crippen LogP contribution in [0.15, 0.2) is 36.9 Å². The number of ether oxygens (including phenoxy) is 1. The number of carbonyl (C=O) groups is 7. The molecule has 13 heteroatoms. The van der Waals surface area contributed by atoms with E-state index in [1.165, 1.54) is 10.5 Å². The highest BCUT2D eigenvalue weighted by atomic mass is 16.6. The number of piperidine rings is 1. The molecule has 3 aliphatic heterocycles. The molecule has 1 aromatic carbocycles. The van der Waals surface area contributed by atoms with Crippen molar-refractivity contribution in [2.45, 2.75) is 157 Å². The normalized spacial score (nSPS) is 20.7. The lowest BCUT2D eigenvalue weighted by Gasteiger charge is -2.41. The monoisotopic (exact) mass is 834 g/mol. The molecule has 3 heterocycles. The smallest absolute Gasteiger partial charge is 0.410 e. The molecule has 0 aromatic heterocycles. The predicted molar refractivity (Wildman–Crippen MR) is 231 cm³/mol. The Bertz CT molecular complexity index is 1760. The number of nitrogens with zero attached hydrogens (tertiary/aromatic N) is 3. The molecule has 2 fully saturated rings. The van der Waals surface area contributed by atoms with Gasteiger partial charge in [0.05, 0.1) is 18.6 Å². The summed E-state index contributed by atoms with van der Waals surface area (Å²) in [6.07, 6.45) is 3.99. The number of fused-ring (bicyclic) bond motifs is 1. The Hall–Kier alpha value is -4.55. The molecule has 0 bridgehead atoms. The first-order valence-electron chi connectivity index (χ1n) is 21.9. The van der Waals surface area contributed by atoms with Crippen LogP contribution in [0, 0.1) is 22.2 Å². The van der Waals surface area contributed by atoms with Gasteiger partial charge in [0.1, 0.15) is 12.1 Å². The Balaban J connectivity index is 1.58. The van der Waals surface area contributed by atoms with Crippen molar-refractivity contribution in [1.82, 2.24) is 25.3 Å². The van der Waals surface area contributed by atoms with E-state index in [0.717, 1.165) is 18.4 Å². The van der Waals surface area contributed by atoms with Gasteiger partial charge < -0.3 is 30.1 Å². The lowest BCUT2D eigenvalue weighted by Crippen LogP contribution is -2.61. The number of ketones is 3. The zero-order valence-electron chi connectivity index (χ0n) is 37.7. The van der Waals surface area contributed by atoms with E-state index in [1.54, 1.807) is 15.9 Å². The fourth-order valence-electron chi connectivity index (χ4n) is 8.31. The predicted octanol–water partition coefficient (Wildman–Crippen LogP) is 6.80. The molecule has 5 amide bonds. The number of urea groups is 1. The van der Waals surface area contributed by atoms with Crippen molar-refractivity contribution in [3.8, 4) is 0 Å². The maximum absolute atomic E-state index is 14.8. The van der Waals surface area contributed by atoms with Gasteiger partial charge in [0, 0.05) is 57.8 Å². The van der Waals surface area contributed by atoms with E-state index in [0.29, 0.717) is 58.3 Å². The molecule has 0 spiro atoms. The molecular weight excluding hydrogens is 763 g/mol. The summed E-state index contributed by atoms with van der Waals surface area (Å²) >= 11 is 0. The van der Waals surface area contributed by atoms with Gasteiger partial charge in [-0.3, -0.25) is 24.0 Å². The van der Waals surface area contributed by atoms with Crippen LogP contribution in [0.2, 0.25) is 0 Å². The highest BCUT2D eigenvalue weighted by Gasteiger charge is 2.47. The molecule has 0 aliphatic carbocycles. The van der Waals surface area contributed by atoms with Crippen LogP contribution >= 0.6 is 0 Å². The average Bonchev–Trinajstić information content (AvgIpc) is 3.60. The first-order chi connectivity index (χ1) is 28.0. The summed E-state index contributed by atoms with van der Waals surface area (Å²) in [6.45, 7) is 22.8. The third kappa shape index (κ3) is 13.0. The lowest BCUT2D eigenvalue weighted by molar-refractivity contribution is -0.143. The third-order valence-electron chi connectivity index (χ3n) is 12.3. The van der Waals surface area contributed by atoms with E-state index in [-0.39, 0.29) is 37.1 Å². The van der Waals surface area contributed by atoms with Gasteiger partial charge in [-0.25, -0.2) is 9.59 Å². The van der Waals surface area contributed by atoms with Gasteiger partial charge in [0.2, 0.25) is 17.6 Å². The fraction of sp³-hybridized carbons (Fsp3) is 0.681. The zero-order valence-corrected chi connectivity index (χ0v) is 37.7. The maximum Gasteiger partial charge on any atom is 0.410 e. The molecule has 5 atom stereocenters. The second-order valence-corrected chi connectivity index (χ2v) is 20.1. The molecule has 2 saturated heterocycles. The number of amides is 5. The molecule has 0 saturated carbocycles. The largest absolute Gasteiger partial charge is 0.444 e. The summed E-state index contributed by atoms with van der Waals surface area (Å²) in [6, 6.07) is 4.69. The molecule has 1 aromatic rings. The molecule has 3 aliphatic rings. The number of benzene rings is 1. The van der Waals surface area contributed by atoms with Gasteiger partial charge >= 0.3 is 12.1 Å². The molecule has 2 N–H and O–H groups in total. The van der Waals surface area contributed by atoms with Gasteiger partial charge in [-0.15, -0.1) is 6.58 Å². The number of nitrogens with one attached hydrogen (secondary N) is 2. The molecule has 60 heavy (non-hydrogen) atoms. The Labute approximate surface area is 357 Å². The SMILES string of the molecule is C=CCCC(=O)C(=O)C(CCCC)CC(=O)[C@@H]1C[C@@H](OC(=O)N2CCc3ccccc3C2)CN1C(=O)[C@@H](NC(=O)N[C@H](CN1CCC(C)(C)CC1=O)C(C)(C)C)C(C)(C)C. The number of unbranched alkanes of at least 4 members (excludes halogenated alkanes) is 1. The van der Waals surface area contributed by atoms with Crippen LogP contribution in [0.25, 0.3) is 0 Å². The van der Waals surface area contributed by atoms with Crippen molar-refractivity contribution in [1.29, 1.82) is 0 Å². The lowest BCUT2D eigenvalue weighted by atomic mass is 9.81. The molecule has 0 radical (unpaired) electrons. The van der Waals surface area contributed by atoms with Crippen LogP contribution in [-0.4, -0.2) is 106 Å². The Morgan fingerprint density at radius 2 is 1.67 bits per heavy atom. The zero-order chi connectivity index (χ0) is 44.6. The first kappa shape index (κ1) is 48.1. The highest BCUT2D eigenvalue weighted by Crippen LogP contribution is 2.33. The van der Waals surface area contributed by atoms with E-state index in [2.05, 4.69) is 31.1 Å². The van der Waals surface area contributed by atoms with Crippen molar-refractivity contribution in [3.63, 3.8) is 0 Å². The maximum atomic E-state index is 14.8. The summed E-state index contributed by atoms with van der Waals surface area (Å²) in [4.78, 5) is 101. The Morgan fingerprint density at radius 3 is 2.28 bits per heavy atom. The summed E-state index contributed by atoms with van der Waals surface area (Å²) in [5.41, 5.74) is 0.838. The van der Waals surface area contributed by atoms with Gasteiger partial charge in [-0.05, 0) is 53.1 Å². The van der Waals surface area contributed by atoms with Crippen LogP contribution in [0.3, 0.4) is 0 Å². The van der Waals surface area contributed by atoms with Crippen LogP contribution in [0.1, 0.15) is 131 Å². The number of likely N-dealkylation sites (tertiary alicyclic amines) is 2. The number of hydrogen-bond donors (Lipinski definition) is 2. The average molecular weight is 834 g/mol. The molecule has 4 rings (SSSR count). The topological polar surface area (TPSA) is 162 Å². The standard InChI is InChI=1S/C47H71N5O8/c1-11-13-17-32(40(56)36(53)20-14-12-2)25-37(54)35-26-34(60-44(59)51-23-21-31-18-15-16-19-33(31)28-51)29-52(35)42(57)41(46(6,7)8)49-43(58)48-38(45(3,4)5)30-50-24-22-47(9,10)27-39(50)55/h12,15-16,18-19,32,34-35,38,41H,2,11,13-14,17,20-30H2,1,3-10H3,(H2,48,49,58)/t32?,34-,35+,38-,41-/m1/s1. The van der Waals surface area contributed by atoms with Crippen molar-refractivity contribution in [2.24, 2.45) is 22.2 Å². The van der Waals surface area contributed by atoms with Gasteiger partial charge in [0.25, 0.3) is 0 Å². The van der Waals surface area contributed by atoms with Crippen molar-refractivity contribution in [3.05, 3.63) is 48.0 Å². The van der Waals surface area contributed by atoms with E-state index in [9.17, 15) is 33.6 Å². The highest BCUT2D eigenvalue weighted by molar-refractivity contribution is 6.38.